The first-order chi connectivity index (χ1) is 11.3. The van der Waals surface area contributed by atoms with Crippen LogP contribution in [0.15, 0.2) is 0 Å². The van der Waals surface area contributed by atoms with Gasteiger partial charge in [0.1, 0.15) is 48.8 Å². The maximum Gasteiger partial charge on any atom is 0.220 e. The van der Waals surface area contributed by atoms with Crippen molar-refractivity contribution in [2.24, 2.45) is 0 Å². The molecule has 2 aliphatic rings. The second kappa shape index (κ2) is 8.27. The first-order valence-electron chi connectivity index (χ1n) is 7.24. The van der Waals surface area contributed by atoms with Crippen LogP contribution < -0.4 is 0 Å². The Bertz CT molecular complexity index is 392. The molecule has 0 amide bonds. The van der Waals surface area contributed by atoms with Crippen LogP contribution in [-0.2, 0) is 19.1 Å². The summed E-state index contributed by atoms with van der Waals surface area (Å²) < 4.78 is 15.4. The van der Waals surface area contributed by atoms with Crippen LogP contribution in [0.3, 0.4) is 0 Å². The molecule has 0 saturated carbocycles. The fourth-order valence-electron chi connectivity index (χ4n) is 2.64. The molecule has 12 heteroatoms. The lowest BCUT2D eigenvalue weighted by Gasteiger charge is -2.45. The first-order valence-corrected chi connectivity index (χ1v) is 7.24. The Hall–Kier alpha value is -0.480. The highest BCUT2D eigenvalue weighted by molar-refractivity contribution is 4.93. The Kier molecular flexibility index (Phi) is 6.83. The molecule has 10 atom stereocenters. The molecule has 2 aliphatic heterocycles. The Morgan fingerprint density at radius 1 is 0.667 bits per heavy atom. The second-order valence-corrected chi connectivity index (χ2v) is 5.61. The first kappa shape index (κ1) is 19.8. The smallest absolute Gasteiger partial charge is 0.220 e. The summed E-state index contributed by atoms with van der Waals surface area (Å²) in [6.07, 6.45) is -15.7. The van der Waals surface area contributed by atoms with Crippen molar-refractivity contribution in [2.75, 3.05) is 13.2 Å². The number of aliphatic hydroxyl groups is 7. The van der Waals surface area contributed by atoms with Gasteiger partial charge in [-0.3, -0.25) is 0 Å². The van der Waals surface area contributed by atoms with Gasteiger partial charge in [-0.15, -0.1) is 0 Å². The van der Waals surface area contributed by atoms with E-state index in [1.807, 2.05) is 0 Å². The van der Waals surface area contributed by atoms with Crippen LogP contribution in [0, 0.1) is 0 Å². The van der Waals surface area contributed by atoms with Crippen LogP contribution in [-0.4, -0.2) is 116 Å². The molecule has 0 radical (unpaired) electrons. The maximum absolute atomic E-state index is 10.0. The lowest BCUT2D eigenvalue weighted by atomic mass is 9.97. The van der Waals surface area contributed by atoms with Gasteiger partial charge < -0.3 is 50.0 Å². The highest BCUT2D eigenvalue weighted by Gasteiger charge is 2.50. The molecule has 0 aliphatic carbocycles. The van der Waals surface area contributed by atoms with Gasteiger partial charge in [-0.1, -0.05) is 0 Å². The highest BCUT2D eigenvalue weighted by Crippen LogP contribution is 2.29. The molecule has 0 aromatic rings. The summed E-state index contributed by atoms with van der Waals surface area (Å²) in [5.74, 6) is 0. The molecule has 2 saturated heterocycles. The molecule has 0 spiro atoms. The van der Waals surface area contributed by atoms with Crippen molar-refractivity contribution in [2.45, 2.75) is 61.4 Å². The summed E-state index contributed by atoms with van der Waals surface area (Å²) >= 11 is 0. The van der Waals surface area contributed by atoms with E-state index in [1.54, 1.807) is 0 Å². The van der Waals surface area contributed by atoms with E-state index in [0.717, 1.165) is 0 Å². The average molecular weight is 358 g/mol. The van der Waals surface area contributed by atoms with Gasteiger partial charge in [-0.2, -0.15) is 0 Å². The quantitative estimate of drug-likeness (QED) is 0.172. The molecular formula is C12H22O12. The Balaban J connectivity index is 2.12. The summed E-state index contributed by atoms with van der Waals surface area (Å²) in [4.78, 5) is 3.85. The lowest BCUT2D eigenvalue weighted by molar-refractivity contribution is -0.416. The molecule has 8 N–H and O–H groups in total. The zero-order valence-electron chi connectivity index (χ0n) is 12.4. The normalized spacial score (nSPS) is 50.0. The van der Waals surface area contributed by atoms with E-state index in [2.05, 4.69) is 4.89 Å². The Labute approximate surface area is 135 Å². The van der Waals surface area contributed by atoms with Gasteiger partial charge >= 0.3 is 0 Å². The van der Waals surface area contributed by atoms with Gasteiger partial charge in [0.2, 0.25) is 6.29 Å². The Morgan fingerprint density at radius 3 is 1.75 bits per heavy atom. The van der Waals surface area contributed by atoms with Crippen molar-refractivity contribution in [1.29, 1.82) is 0 Å². The maximum atomic E-state index is 10.0. The van der Waals surface area contributed by atoms with Crippen molar-refractivity contribution >= 4 is 0 Å². The predicted octanol–water partition coefficient (Wildman–Crippen LogP) is -4.90. The van der Waals surface area contributed by atoms with E-state index in [-0.39, 0.29) is 0 Å². The molecule has 1 unspecified atom stereocenters. The largest absolute Gasteiger partial charge is 0.394 e. The number of aliphatic hydroxyl groups excluding tert-OH is 7. The standard InChI is InChI=1S/C12H22O12/c13-1-3-5(15)6(16)8(18)11(21-3)23-10-4(2-14)22-12(24-20)9(19)7(10)17/h3-20H,1-2H2/t3-,4-,5+,6+,7-,8-,9-,10-,11+,12?/m1/s1. The minimum atomic E-state index is -1.74. The fraction of sp³-hybridized carbons (Fsp3) is 1.00. The minimum Gasteiger partial charge on any atom is -0.394 e. The third kappa shape index (κ3) is 3.70. The summed E-state index contributed by atoms with van der Waals surface area (Å²) in [7, 11) is 0. The lowest BCUT2D eigenvalue weighted by Crippen LogP contribution is -2.64. The molecule has 0 bridgehead atoms. The molecule has 0 aromatic heterocycles. The van der Waals surface area contributed by atoms with Crippen molar-refractivity contribution in [1.82, 2.24) is 0 Å². The average Bonchev–Trinajstić information content (AvgIpc) is 2.59. The van der Waals surface area contributed by atoms with E-state index in [9.17, 15) is 30.6 Å². The van der Waals surface area contributed by atoms with Gasteiger partial charge in [0.25, 0.3) is 0 Å². The highest BCUT2D eigenvalue weighted by atomic mass is 17.1. The Morgan fingerprint density at radius 2 is 1.21 bits per heavy atom. The monoisotopic (exact) mass is 358 g/mol. The van der Waals surface area contributed by atoms with E-state index in [4.69, 9.17) is 24.6 Å². The minimum absolute atomic E-state index is 0.680. The topological polar surface area (TPSA) is 199 Å². The predicted molar refractivity (Wildman–Crippen MR) is 70.1 cm³/mol. The van der Waals surface area contributed by atoms with Crippen LogP contribution in [0.25, 0.3) is 0 Å². The third-order valence-electron chi connectivity index (χ3n) is 4.06. The van der Waals surface area contributed by atoms with Gasteiger partial charge in [-0.25, -0.2) is 10.1 Å². The van der Waals surface area contributed by atoms with Crippen LogP contribution in [0.4, 0.5) is 0 Å². The van der Waals surface area contributed by atoms with Crippen LogP contribution >= 0.6 is 0 Å². The van der Waals surface area contributed by atoms with Gasteiger partial charge in [0, 0.05) is 0 Å². The second-order valence-electron chi connectivity index (χ2n) is 5.61. The van der Waals surface area contributed by atoms with Crippen LogP contribution in [0.1, 0.15) is 0 Å². The summed E-state index contributed by atoms with van der Waals surface area (Å²) in [5, 5.41) is 76.1. The zero-order chi connectivity index (χ0) is 18.0. The third-order valence-corrected chi connectivity index (χ3v) is 4.06. The summed E-state index contributed by atoms with van der Waals surface area (Å²) in [6, 6.07) is 0. The number of rotatable bonds is 5. The van der Waals surface area contributed by atoms with Gasteiger partial charge in [-0.05, 0) is 0 Å². The zero-order valence-corrected chi connectivity index (χ0v) is 12.4. The van der Waals surface area contributed by atoms with Gasteiger partial charge in [0.15, 0.2) is 6.29 Å². The SMILES string of the molecule is OC[C@H]1O[C@@H](O[C@H]2[C@H](O)[C@@H](O)C(OO)O[C@@H]2CO)[C@H](O)[C@@H](O)[C@H]1O. The molecule has 2 rings (SSSR count). The van der Waals surface area contributed by atoms with Crippen molar-refractivity contribution < 1.29 is 60.1 Å². The fourth-order valence-corrected chi connectivity index (χ4v) is 2.64. The molecule has 24 heavy (non-hydrogen) atoms. The van der Waals surface area contributed by atoms with Crippen LogP contribution in [0.2, 0.25) is 0 Å². The van der Waals surface area contributed by atoms with Crippen molar-refractivity contribution in [3.63, 3.8) is 0 Å². The number of hydrogen-bond acceptors (Lipinski definition) is 12. The van der Waals surface area contributed by atoms with Crippen molar-refractivity contribution in [3.05, 3.63) is 0 Å². The molecular weight excluding hydrogens is 336 g/mol. The van der Waals surface area contributed by atoms with E-state index < -0.39 is 74.6 Å². The van der Waals surface area contributed by atoms with E-state index in [0.29, 0.717) is 0 Å². The van der Waals surface area contributed by atoms with E-state index >= 15 is 0 Å². The van der Waals surface area contributed by atoms with E-state index in [1.165, 1.54) is 0 Å². The number of ether oxygens (including phenoxy) is 3. The summed E-state index contributed by atoms with van der Waals surface area (Å²) in [5.41, 5.74) is 0. The van der Waals surface area contributed by atoms with Crippen molar-refractivity contribution in [3.8, 4) is 0 Å². The molecule has 2 heterocycles. The van der Waals surface area contributed by atoms with Gasteiger partial charge in [0.05, 0.1) is 13.2 Å². The molecule has 142 valence electrons. The molecule has 0 aromatic carbocycles. The molecule has 12 nitrogen and oxygen atoms in total. The van der Waals surface area contributed by atoms with Crippen LogP contribution in [0.5, 0.6) is 0 Å². The number of hydrogen-bond donors (Lipinski definition) is 8. The molecule has 2 fully saturated rings. The summed E-state index contributed by atoms with van der Waals surface area (Å²) in [6.45, 7) is -1.38.